The number of guanidine groups is 1. The van der Waals surface area contributed by atoms with Crippen LogP contribution >= 0.6 is 24.0 Å². The highest BCUT2D eigenvalue weighted by Crippen LogP contribution is 2.17. The molecule has 0 aliphatic carbocycles. The van der Waals surface area contributed by atoms with Crippen LogP contribution in [0.4, 0.5) is 11.5 Å². The molecule has 1 atom stereocenters. The Kier molecular flexibility index (Phi) is 8.29. The summed E-state index contributed by atoms with van der Waals surface area (Å²) in [5.41, 5.74) is 1.89. The number of carbonyl (C=O) groups is 1. The van der Waals surface area contributed by atoms with E-state index in [1.807, 2.05) is 30.4 Å². The van der Waals surface area contributed by atoms with Crippen molar-refractivity contribution >= 4 is 47.3 Å². The molecule has 2 aromatic heterocycles. The number of nitrogens with one attached hydrogen (secondary N) is 1. The lowest BCUT2D eigenvalue weighted by atomic mass is 10.2. The quantitative estimate of drug-likeness (QED) is 0.344. The Balaban J connectivity index is 0.00000289. The van der Waals surface area contributed by atoms with Crippen LogP contribution in [0.5, 0.6) is 0 Å². The van der Waals surface area contributed by atoms with Gasteiger partial charge in [0.25, 0.3) is 0 Å². The second-order valence-electron chi connectivity index (χ2n) is 7.89. The van der Waals surface area contributed by atoms with E-state index in [1.165, 1.54) is 0 Å². The summed E-state index contributed by atoms with van der Waals surface area (Å²) in [5, 5.41) is 7.51. The summed E-state index contributed by atoms with van der Waals surface area (Å²) in [6, 6.07) is 4.13. The molecule has 4 heterocycles. The number of carbonyl (C=O) groups excluding carboxylic acids is 1. The number of morpholine rings is 1. The van der Waals surface area contributed by atoms with Crippen molar-refractivity contribution in [1.82, 2.24) is 25.0 Å². The van der Waals surface area contributed by atoms with E-state index in [9.17, 15) is 4.79 Å². The fourth-order valence-electron chi connectivity index (χ4n) is 3.92. The molecule has 0 spiro atoms. The standard InChI is InChI=1S/C21H30N8O2.HI/c1-16-13-27(8-9-31-16)19-5-4-17(10-23-19)11-24-21(22-2)28-6-7-29(20(30)15-28)18-12-25-26(3)14-18;/h4-5,10,12,14,16H,6-9,11,13,15H2,1-3H3,(H,22,24);1H. The highest BCUT2D eigenvalue weighted by atomic mass is 127. The Labute approximate surface area is 205 Å². The van der Waals surface area contributed by atoms with Gasteiger partial charge in [-0.3, -0.25) is 14.5 Å². The Bertz CT molecular complexity index is 932. The first kappa shape index (κ1) is 24.2. The smallest absolute Gasteiger partial charge is 0.246 e. The second kappa shape index (κ2) is 10.9. The third-order valence-electron chi connectivity index (χ3n) is 5.56. The van der Waals surface area contributed by atoms with Crippen LogP contribution in [-0.2, 0) is 23.1 Å². The van der Waals surface area contributed by atoms with Gasteiger partial charge in [-0.25, -0.2) is 4.98 Å². The van der Waals surface area contributed by atoms with Crippen LogP contribution in [0.2, 0.25) is 0 Å². The maximum absolute atomic E-state index is 12.7. The third kappa shape index (κ3) is 5.68. The molecule has 11 heteroatoms. The number of anilines is 2. The number of aryl methyl sites for hydroxylation is 1. The summed E-state index contributed by atoms with van der Waals surface area (Å²) in [4.78, 5) is 27.6. The van der Waals surface area contributed by atoms with Gasteiger partial charge in [-0.15, -0.1) is 24.0 Å². The minimum Gasteiger partial charge on any atom is -0.375 e. The van der Waals surface area contributed by atoms with Crippen LogP contribution in [0, 0.1) is 0 Å². The van der Waals surface area contributed by atoms with Crippen molar-refractivity contribution < 1.29 is 9.53 Å². The molecular formula is C21H31IN8O2. The molecule has 0 saturated carbocycles. The lowest BCUT2D eigenvalue weighted by molar-refractivity contribution is -0.120. The first-order chi connectivity index (χ1) is 15.0. The SMILES string of the molecule is CN=C(NCc1ccc(N2CCOC(C)C2)nc1)N1CCN(c2cnn(C)c2)C(=O)C1.I. The normalized spacial score (nSPS) is 19.7. The fourth-order valence-corrected chi connectivity index (χ4v) is 3.92. The first-order valence-electron chi connectivity index (χ1n) is 10.6. The van der Waals surface area contributed by atoms with Gasteiger partial charge in [0.1, 0.15) is 12.4 Å². The van der Waals surface area contributed by atoms with Crippen LogP contribution in [0.3, 0.4) is 0 Å². The van der Waals surface area contributed by atoms with Crippen molar-refractivity contribution in [2.45, 2.75) is 19.6 Å². The number of halogens is 1. The lowest BCUT2D eigenvalue weighted by Crippen LogP contribution is -2.55. The predicted octanol–water partition coefficient (Wildman–Crippen LogP) is 1.08. The zero-order chi connectivity index (χ0) is 21.8. The summed E-state index contributed by atoms with van der Waals surface area (Å²) < 4.78 is 7.30. The van der Waals surface area contributed by atoms with Crippen LogP contribution in [-0.4, -0.2) is 84.0 Å². The van der Waals surface area contributed by atoms with Gasteiger partial charge in [-0.1, -0.05) is 6.07 Å². The summed E-state index contributed by atoms with van der Waals surface area (Å²) in [7, 11) is 3.58. The number of piperazine rings is 1. The van der Waals surface area contributed by atoms with Crippen LogP contribution in [0.25, 0.3) is 0 Å². The molecule has 1 N–H and O–H groups in total. The molecule has 2 aliphatic rings. The van der Waals surface area contributed by atoms with Gasteiger partial charge in [-0.2, -0.15) is 5.10 Å². The molecule has 10 nitrogen and oxygen atoms in total. The van der Waals surface area contributed by atoms with E-state index in [1.54, 1.807) is 22.8 Å². The number of pyridine rings is 1. The van der Waals surface area contributed by atoms with E-state index >= 15 is 0 Å². The minimum absolute atomic E-state index is 0. The van der Waals surface area contributed by atoms with Gasteiger partial charge in [-0.05, 0) is 18.6 Å². The second-order valence-corrected chi connectivity index (χ2v) is 7.89. The monoisotopic (exact) mass is 554 g/mol. The van der Waals surface area contributed by atoms with Gasteiger partial charge in [0.2, 0.25) is 5.91 Å². The molecule has 2 saturated heterocycles. The molecule has 2 fully saturated rings. The summed E-state index contributed by atoms with van der Waals surface area (Å²) in [5.74, 6) is 1.72. The van der Waals surface area contributed by atoms with Crippen molar-refractivity contribution in [1.29, 1.82) is 0 Å². The van der Waals surface area contributed by atoms with E-state index in [2.05, 4.69) is 38.3 Å². The minimum atomic E-state index is 0. The molecule has 0 radical (unpaired) electrons. The van der Waals surface area contributed by atoms with Gasteiger partial charge < -0.3 is 24.8 Å². The lowest BCUT2D eigenvalue weighted by Gasteiger charge is -2.35. The number of aromatic nitrogens is 3. The molecule has 32 heavy (non-hydrogen) atoms. The Morgan fingerprint density at radius 3 is 2.75 bits per heavy atom. The van der Waals surface area contributed by atoms with Crippen LogP contribution in [0.15, 0.2) is 35.7 Å². The van der Waals surface area contributed by atoms with E-state index in [-0.39, 0.29) is 42.5 Å². The van der Waals surface area contributed by atoms with Gasteiger partial charge in [0, 0.05) is 59.2 Å². The maximum atomic E-state index is 12.7. The molecule has 2 aliphatic heterocycles. The molecule has 1 unspecified atom stereocenters. The number of amides is 1. The number of nitrogens with zero attached hydrogens (tertiary/aromatic N) is 7. The topological polar surface area (TPSA) is 91.1 Å². The number of hydrogen-bond acceptors (Lipinski definition) is 6. The highest BCUT2D eigenvalue weighted by Gasteiger charge is 2.27. The summed E-state index contributed by atoms with van der Waals surface area (Å²) in [6.07, 6.45) is 5.69. The van der Waals surface area contributed by atoms with Gasteiger partial charge >= 0.3 is 0 Å². The van der Waals surface area contributed by atoms with E-state index in [0.29, 0.717) is 25.6 Å². The van der Waals surface area contributed by atoms with Crippen molar-refractivity contribution in [2.75, 3.05) is 56.2 Å². The Hall–Kier alpha value is -2.41. The average molecular weight is 554 g/mol. The molecule has 1 amide bonds. The fraction of sp³-hybridized carbons (Fsp3) is 0.524. The zero-order valence-electron chi connectivity index (χ0n) is 18.8. The number of hydrogen-bond donors (Lipinski definition) is 1. The van der Waals surface area contributed by atoms with Crippen molar-refractivity contribution in [2.24, 2.45) is 12.0 Å². The van der Waals surface area contributed by atoms with E-state index in [4.69, 9.17) is 4.74 Å². The van der Waals surface area contributed by atoms with Gasteiger partial charge in [0.05, 0.1) is 24.6 Å². The number of ether oxygens (including phenoxy) is 1. The molecular weight excluding hydrogens is 523 g/mol. The molecule has 2 aromatic rings. The number of aliphatic imine (C=N–C) groups is 1. The summed E-state index contributed by atoms with van der Waals surface area (Å²) in [6.45, 7) is 6.70. The number of rotatable bonds is 4. The molecule has 0 aromatic carbocycles. The molecule has 0 bridgehead atoms. The average Bonchev–Trinajstić information content (AvgIpc) is 3.20. The largest absolute Gasteiger partial charge is 0.375 e. The maximum Gasteiger partial charge on any atom is 0.246 e. The predicted molar refractivity (Wildman–Crippen MR) is 135 cm³/mol. The Morgan fingerprint density at radius 1 is 1.28 bits per heavy atom. The zero-order valence-corrected chi connectivity index (χ0v) is 21.1. The third-order valence-corrected chi connectivity index (χ3v) is 5.56. The highest BCUT2D eigenvalue weighted by molar-refractivity contribution is 14.0. The van der Waals surface area contributed by atoms with Crippen molar-refractivity contribution in [3.05, 3.63) is 36.3 Å². The van der Waals surface area contributed by atoms with Crippen molar-refractivity contribution in [3.63, 3.8) is 0 Å². The molecule has 4 rings (SSSR count). The van der Waals surface area contributed by atoms with Crippen molar-refractivity contribution in [3.8, 4) is 0 Å². The first-order valence-corrected chi connectivity index (χ1v) is 10.6. The summed E-state index contributed by atoms with van der Waals surface area (Å²) >= 11 is 0. The van der Waals surface area contributed by atoms with Crippen LogP contribution in [0.1, 0.15) is 12.5 Å². The molecule has 174 valence electrons. The Morgan fingerprint density at radius 2 is 2.12 bits per heavy atom. The van der Waals surface area contributed by atoms with E-state index < -0.39 is 0 Å². The van der Waals surface area contributed by atoms with E-state index in [0.717, 1.165) is 36.8 Å². The van der Waals surface area contributed by atoms with Gasteiger partial charge in [0.15, 0.2) is 5.96 Å². The van der Waals surface area contributed by atoms with Crippen LogP contribution < -0.4 is 15.1 Å².